The lowest BCUT2D eigenvalue weighted by Gasteiger charge is -2.17. The second kappa shape index (κ2) is 6.83. The summed E-state index contributed by atoms with van der Waals surface area (Å²) in [5.41, 5.74) is 0. The molecule has 0 fully saturated rings. The molecule has 0 saturated heterocycles. The molecule has 0 radical (unpaired) electrons. The van der Waals surface area contributed by atoms with Crippen LogP contribution in [0.2, 0.25) is 0 Å². The second-order valence-corrected chi connectivity index (χ2v) is 4.09. The Kier molecular flexibility index (Phi) is 4.85. The summed E-state index contributed by atoms with van der Waals surface area (Å²) in [5, 5.41) is 12.6. The molecular formula is C12H15N3O5. The lowest BCUT2D eigenvalue weighted by Crippen LogP contribution is -2.32. The van der Waals surface area contributed by atoms with Crippen LogP contribution in [0.4, 0.5) is 0 Å². The van der Waals surface area contributed by atoms with Gasteiger partial charge in [-0.15, -0.1) is 0 Å². The van der Waals surface area contributed by atoms with Crippen molar-refractivity contribution in [2.75, 3.05) is 26.8 Å². The molecule has 8 heteroatoms. The number of furan rings is 1. The van der Waals surface area contributed by atoms with Crippen LogP contribution in [0.3, 0.4) is 0 Å². The number of carbonyl (C=O) groups is 1. The molecule has 2 aromatic rings. The summed E-state index contributed by atoms with van der Waals surface area (Å²) < 4.78 is 15.2. The molecular weight excluding hydrogens is 266 g/mol. The van der Waals surface area contributed by atoms with Crippen LogP contribution >= 0.6 is 0 Å². The maximum absolute atomic E-state index is 10.8. The summed E-state index contributed by atoms with van der Waals surface area (Å²) in [4.78, 5) is 16.6. The fourth-order valence-corrected chi connectivity index (χ4v) is 1.64. The summed E-state index contributed by atoms with van der Waals surface area (Å²) in [5.74, 6) is 0.245. The number of aliphatic carboxylic acids is 1. The molecule has 20 heavy (non-hydrogen) atoms. The van der Waals surface area contributed by atoms with Gasteiger partial charge in [0.1, 0.15) is 0 Å². The van der Waals surface area contributed by atoms with Crippen molar-refractivity contribution in [2.45, 2.75) is 6.54 Å². The van der Waals surface area contributed by atoms with E-state index in [0.717, 1.165) is 0 Å². The largest absolute Gasteiger partial charge is 0.480 e. The zero-order chi connectivity index (χ0) is 14.4. The minimum absolute atomic E-state index is 0.123. The van der Waals surface area contributed by atoms with Gasteiger partial charge >= 0.3 is 5.97 Å². The second-order valence-electron chi connectivity index (χ2n) is 4.09. The minimum atomic E-state index is -0.924. The van der Waals surface area contributed by atoms with E-state index in [1.807, 2.05) is 0 Å². The molecule has 0 aliphatic rings. The Balaban J connectivity index is 2.00. The lowest BCUT2D eigenvalue weighted by molar-refractivity contribution is -0.138. The number of hydrogen-bond acceptors (Lipinski definition) is 7. The van der Waals surface area contributed by atoms with Crippen LogP contribution in [0, 0.1) is 0 Å². The molecule has 1 N–H and O–H groups in total. The highest BCUT2D eigenvalue weighted by molar-refractivity contribution is 5.69. The van der Waals surface area contributed by atoms with E-state index in [9.17, 15) is 4.79 Å². The first kappa shape index (κ1) is 14.2. The van der Waals surface area contributed by atoms with Gasteiger partial charge in [-0.2, -0.15) is 4.98 Å². The van der Waals surface area contributed by atoms with E-state index in [2.05, 4.69) is 10.1 Å². The third-order valence-electron chi connectivity index (χ3n) is 2.54. The zero-order valence-electron chi connectivity index (χ0n) is 11.0. The third-order valence-corrected chi connectivity index (χ3v) is 2.54. The molecule has 0 spiro atoms. The smallest absolute Gasteiger partial charge is 0.317 e. The SMILES string of the molecule is COCCN(CC(=O)O)Cc1nc(-c2ccco2)no1. The van der Waals surface area contributed by atoms with Gasteiger partial charge in [-0.05, 0) is 12.1 Å². The van der Waals surface area contributed by atoms with Crippen molar-refractivity contribution in [1.29, 1.82) is 0 Å². The molecule has 0 aliphatic carbocycles. The van der Waals surface area contributed by atoms with Gasteiger partial charge in [-0.25, -0.2) is 0 Å². The predicted molar refractivity (Wildman–Crippen MR) is 66.8 cm³/mol. The van der Waals surface area contributed by atoms with E-state index in [-0.39, 0.29) is 13.1 Å². The van der Waals surface area contributed by atoms with Crippen LogP contribution in [-0.2, 0) is 16.1 Å². The highest BCUT2D eigenvalue weighted by Gasteiger charge is 2.16. The molecule has 0 aliphatic heterocycles. The van der Waals surface area contributed by atoms with Crippen molar-refractivity contribution in [3.05, 3.63) is 24.3 Å². The van der Waals surface area contributed by atoms with E-state index in [1.165, 1.54) is 6.26 Å². The van der Waals surface area contributed by atoms with Crippen molar-refractivity contribution in [3.8, 4) is 11.6 Å². The molecule has 0 atom stereocenters. The maximum atomic E-state index is 10.8. The number of ether oxygens (including phenoxy) is 1. The molecule has 0 unspecified atom stereocenters. The van der Waals surface area contributed by atoms with Gasteiger partial charge in [-0.3, -0.25) is 9.69 Å². The van der Waals surface area contributed by atoms with E-state index >= 15 is 0 Å². The zero-order valence-corrected chi connectivity index (χ0v) is 11.0. The number of methoxy groups -OCH3 is 1. The summed E-state index contributed by atoms with van der Waals surface area (Å²) in [6.07, 6.45) is 1.51. The number of carboxylic acids is 1. The minimum Gasteiger partial charge on any atom is -0.480 e. The van der Waals surface area contributed by atoms with Crippen molar-refractivity contribution >= 4 is 5.97 Å². The predicted octanol–water partition coefficient (Wildman–Crippen LogP) is 0.863. The van der Waals surface area contributed by atoms with Crippen LogP contribution in [-0.4, -0.2) is 52.9 Å². The van der Waals surface area contributed by atoms with Crippen molar-refractivity contribution in [1.82, 2.24) is 15.0 Å². The number of aromatic nitrogens is 2. The molecule has 2 aromatic heterocycles. The normalized spacial score (nSPS) is 11.1. The van der Waals surface area contributed by atoms with Gasteiger partial charge in [0.05, 0.1) is 26.0 Å². The Hall–Kier alpha value is -2.19. The number of rotatable bonds is 8. The van der Waals surface area contributed by atoms with E-state index in [0.29, 0.717) is 30.6 Å². The first-order valence-electron chi connectivity index (χ1n) is 5.98. The van der Waals surface area contributed by atoms with Gasteiger partial charge in [0.2, 0.25) is 11.7 Å². The highest BCUT2D eigenvalue weighted by atomic mass is 16.5. The van der Waals surface area contributed by atoms with E-state index < -0.39 is 5.97 Å². The van der Waals surface area contributed by atoms with Crippen LogP contribution in [0.15, 0.2) is 27.3 Å². The molecule has 0 amide bonds. The standard InChI is InChI=1S/C12H15N3O5/c1-18-6-4-15(8-11(16)17)7-10-13-12(14-20-10)9-3-2-5-19-9/h2-3,5H,4,6-8H2,1H3,(H,16,17). The molecule has 8 nitrogen and oxygen atoms in total. The summed E-state index contributed by atoms with van der Waals surface area (Å²) in [6, 6.07) is 3.44. The maximum Gasteiger partial charge on any atom is 0.317 e. The van der Waals surface area contributed by atoms with Crippen LogP contribution in [0.1, 0.15) is 5.89 Å². The fraction of sp³-hybridized carbons (Fsp3) is 0.417. The number of carboxylic acid groups (broad SMARTS) is 1. The first-order valence-corrected chi connectivity index (χ1v) is 5.98. The van der Waals surface area contributed by atoms with Gasteiger partial charge in [0, 0.05) is 13.7 Å². The monoisotopic (exact) mass is 281 g/mol. The average Bonchev–Trinajstić information content (AvgIpc) is 3.05. The van der Waals surface area contributed by atoms with E-state index in [4.69, 9.17) is 18.8 Å². The summed E-state index contributed by atoms with van der Waals surface area (Å²) >= 11 is 0. The first-order chi connectivity index (χ1) is 9.69. The molecule has 0 bridgehead atoms. The average molecular weight is 281 g/mol. The third kappa shape index (κ3) is 3.90. The highest BCUT2D eigenvalue weighted by Crippen LogP contribution is 2.16. The van der Waals surface area contributed by atoms with Gasteiger partial charge < -0.3 is 18.8 Å². The van der Waals surface area contributed by atoms with Crippen molar-refractivity contribution in [3.63, 3.8) is 0 Å². The molecule has 2 heterocycles. The lowest BCUT2D eigenvalue weighted by atomic mass is 10.4. The Bertz CT molecular complexity index is 537. The van der Waals surface area contributed by atoms with Crippen LogP contribution < -0.4 is 0 Å². The van der Waals surface area contributed by atoms with Crippen LogP contribution in [0.25, 0.3) is 11.6 Å². The summed E-state index contributed by atoms with van der Waals surface area (Å²) in [7, 11) is 1.56. The molecule has 108 valence electrons. The van der Waals surface area contributed by atoms with Crippen molar-refractivity contribution in [2.24, 2.45) is 0 Å². The van der Waals surface area contributed by atoms with Crippen molar-refractivity contribution < 1.29 is 23.6 Å². The Morgan fingerprint density at radius 1 is 1.55 bits per heavy atom. The topological polar surface area (TPSA) is 102 Å². The van der Waals surface area contributed by atoms with Gasteiger partial charge in [-0.1, -0.05) is 5.16 Å². The number of nitrogens with zero attached hydrogens (tertiary/aromatic N) is 3. The summed E-state index contributed by atoms with van der Waals surface area (Å²) in [6.45, 7) is 0.999. The Morgan fingerprint density at radius 2 is 2.40 bits per heavy atom. The van der Waals surface area contributed by atoms with Crippen LogP contribution in [0.5, 0.6) is 0 Å². The molecule has 2 rings (SSSR count). The quantitative estimate of drug-likeness (QED) is 0.760. The van der Waals surface area contributed by atoms with Gasteiger partial charge in [0.15, 0.2) is 5.76 Å². The molecule has 0 aromatic carbocycles. The fourth-order valence-electron chi connectivity index (χ4n) is 1.64. The van der Waals surface area contributed by atoms with Gasteiger partial charge in [0.25, 0.3) is 0 Å². The molecule has 0 saturated carbocycles. The number of hydrogen-bond donors (Lipinski definition) is 1. The Labute approximate surface area is 114 Å². The Morgan fingerprint density at radius 3 is 3.05 bits per heavy atom. The van der Waals surface area contributed by atoms with E-state index in [1.54, 1.807) is 24.1 Å².